The average Bonchev–Trinajstić information content (AvgIpc) is 2.85. The maximum atomic E-state index is 11.0. The lowest BCUT2D eigenvalue weighted by atomic mass is 9.86. The smallest absolute Gasteiger partial charge is 0.306 e. The van der Waals surface area contributed by atoms with E-state index in [-0.39, 0.29) is 12.0 Å². The van der Waals surface area contributed by atoms with Crippen molar-refractivity contribution in [2.75, 3.05) is 0 Å². The summed E-state index contributed by atoms with van der Waals surface area (Å²) >= 11 is 0. The normalized spacial score (nSPS) is 23.5. The van der Waals surface area contributed by atoms with Gasteiger partial charge in [0.15, 0.2) is 0 Å². The van der Waals surface area contributed by atoms with Crippen molar-refractivity contribution in [3.05, 3.63) is 35.6 Å². The van der Waals surface area contributed by atoms with Crippen LogP contribution in [-0.2, 0) is 4.79 Å². The number of carbonyl (C=O) groups is 1. The fraction of sp³-hybridized carbons (Fsp3) is 0.500. The molecule has 1 fully saturated rings. The lowest BCUT2D eigenvalue weighted by molar-refractivity contribution is -0.142. The van der Waals surface area contributed by atoms with Gasteiger partial charge < -0.3 is 14.8 Å². The maximum Gasteiger partial charge on any atom is 0.306 e. The molecule has 1 saturated carbocycles. The number of aliphatic carboxylic acids is 1. The van der Waals surface area contributed by atoms with Crippen molar-refractivity contribution in [3.63, 3.8) is 0 Å². The van der Waals surface area contributed by atoms with E-state index in [4.69, 9.17) is 9.52 Å². The molecule has 0 bridgehead atoms. The first kappa shape index (κ1) is 15.1. The van der Waals surface area contributed by atoms with Gasteiger partial charge in [-0.25, -0.2) is 0 Å². The lowest BCUT2D eigenvalue weighted by Gasteiger charge is -2.29. The molecule has 0 radical (unpaired) electrons. The Morgan fingerprint density at radius 2 is 1.95 bits per heavy atom. The molecule has 1 atom stereocenters. The molecule has 0 saturated heterocycles. The van der Waals surface area contributed by atoms with Gasteiger partial charge in [0, 0.05) is 11.4 Å². The molecule has 4 nitrogen and oxygen atoms in total. The molecule has 0 amide bonds. The van der Waals surface area contributed by atoms with Crippen LogP contribution in [0.25, 0.3) is 11.0 Å². The van der Waals surface area contributed by atoms with Gasteiger partial charge in [0.1, 0.15) is 11.3 Å². The van der Waals surface area contributed by atoms with E-state index in [0.717, 1.165) is 37.0 Å². The maximum absolute atomic E-state index is 11.0. The van der Waals surface area contributed by atoms with E-state index in [1.165, 1.54) is 10.9 Å². The fourth-order valence-electron chi connectivity index (χ4n) is 3.54. The molecule has 22 heavy (non-hydrogen) atoms. The van der Waals surface area contributed by atoms with Crippen molar-refractivity contribution >= 4 is 16.9 Å². The Morgan fingerprint density at radius 3 is 2.59 bits per heavy atom. The van der Waals surface area contributed by atoms with Crippen LogP contribution in [0.3, 0.4) is 0 Å². The summed E-state index contributed by atoms with van der Waals surface area (Å²) in [5.74, 6) is 0.169. The molecule has 1 aromatic carbocycles. The molecule has 3 rings (SSSR count). The second-order valence-corrected chi connectivity index (χ2v) is 6.36. The minimum atomic E-state index is -0.653. The van der Waals surface area contributed by atoms with E-state index in [1.807, 2.05) is 18.2 Å². The number of hydrogen-bond donors (Lipinski definition) is 2. The van der Waals surface area contributed by atoms with Gasteiger partial charge in [0.2, 0.25) is 0 Å². The third kappa shape index (κ3) is 2.88. The number of hydrogen-bond acceptors (Lipinski definition) is 3. The van der Waals surface area contributed by atoms with Crippen molar-refractivity contribution in [1.29, 1.82) is 0 Å². The Balaban J connectivity index is 1.68. The van der Waals surface area contributed by atoms with E-state index in [1.54, 1.807) is 0 Å². The number of carboxylic acids is 1. The number of fused-ring (bicyclic) bond motifs is 1. The van der Waals surface area contributed by atoms with Gasteiger partial charge in [-0.2, -0.15) is 0 Å². The van der Waals surface area contributed by atoms with E-state index in [0.29, 0.717) is 6.04 Å². The van der Waals surface area contributed by atoms with Crippen molar-refractivity contribution in [3.8, 4) is 0 Å². The van der Waals surface area contributed by atoms with Crippen LogP contribution < -0.4 is 5.32 Å². The van der Waals surface area contributed by atoms with Crippen LogP contribution in [-0.4, -0.2) is 17.1 Å². The van der Waals surface area contributed by atoms with Gasteiger partial charge >= 0.3 is 5.97 Å². The molecule has 1 heterocycles. The highest BCUT2D eigenvalue weighted by Gasteiger charge is 2.27. The highest BCUT2D eigenvalue weighted by molar-refractivity contribution is 5.82. The molecule has 0 aliphatic heterocycles. The molecular formula is C18H23NO3. The number of furan rings is 1. The minimum absolute atomic E-state index is 0.138. The number of rotatable bonds is 4. The number of benzene rings is 1. The Labute approximate surface area is 130 Å². The number of nitrogens with one attached hydrogen (secondary N) is 1. The molecule has 0 spiro atoms. The van der Waals surface area contributed by atoms with Crippen molar-refractivity contribution in [2.45, 2.75) is 51.6 Å². The molecule has 0 unspecified atom stereocenters. The first-order chi connectivity index (χ1) is 10.6. The van der Waals surface area contributed by atoms with Gasteiger partial charge in [-0.3, -0.25) is 4.79 Å². The summed E-state index contributed by atoms with van der Waals surface area (Å²) in [6.07, 6.45) is 3.36. The Hall–Kier alpha value is -1.81. The molecular weight excluding hydrogens is 278 g/mol. The zero-order chi connectivity index (χ0) is 15.7. The van der Waals surface area contributed by atoms with Gasteiger partial charge in [-0.05, 0) is 51.2 Å². The van der Waals surface area contributed by atoms with Crippen LogP contribution in [0.4, 0.5) is 0 Å². The molecule has 2 aromatic rings. The summed E-state index contributed by atoms with van der Waals surface area (Å²) in [6.45, 7) is 4.22. The van der Waals surface area contributed by atoms with E-state index in [2.05, 4.69) is 25.2 Å². The van der Waals surface area contributed by atoms with Crippen LogP contribution in [0, 0.1) is 12.8 Å². The van der Waals surface area contributed by atoms with E-state index < -0.39 is 5.97 Å². The largest absolute Gasteiger partial charge is 0.481 e. The first-order valence-electron chi connectivity index (χ1n) is 8.03. The van der Waals surface area contributed by atoms with Crippen LogP contribution in [0.15, 0.2) is 28.7 Å². The van der Waals surface area contributed by atoms with Gasteiger partial charge in [0.25, 0.3) is 0 Å². The number of carboxylic acid groups (broad SMARTS) is 1. The molecule has 118 valence electrons. The monoisotopic (exact) mass is 301 g/mol. The summed E-state index contributed by atoms with van der Waals surface area (Å²) in [7, 11) is 0. The number of para-hydroxylation sites is 1. The van der Waals surface area contributed by atoms with Crippen molar-refractivity contribution < 1.29 is 14.3 Å². The topological polar surface area (TPSA) is 62.5 Å². The second-order valence-electron chi connectivity index (χ2n) is 6.36. The minimum Gasteiger partial charge on any atom is -0.481 e. The predicted octanol–water partition coefficient (Wildman–Crippen LogP) is 4.04. The van der Waals surface area contributed by atoms with Gasteiger partial charge in [-0.1, -0.05) is 18.2 Å². The highest BCUT2D eigenvalue weighted by atomic mass is 16.4. The summed E-state index contributed by atoms with van der Waals surface area (Å²) < 4.78 is 6.00. The van der Waals surface area contributed by atoms with Crippen LogP contribution >= 0.6 is 0 Å². The average molecular weight is 301 g/mol. The van der Waals surface area contributed by atoms with Crippen LogP contribution in [0.1, 0.15) is 50.0 Å². The van der Waals surface area contributed by atoms with Crippen LogP contribution in [0.5, 0.6) is 0 Å². The first-order valence-corrected chi connectivity index (χ1v) is 8.03. The molecule has 1 aliphatic carbocycles. The third-order valence-corrected chi connectivity index (χ3v) is 4.84. The molecule has 4 heteroatoms. The SMILES string of the molecule is Cc1c([C@H](C)NC2CCC(C(=O)O)CC2)oc2ccccc12. The zero-order valence-electron chi connectivity index (χ0n) is 13.1. The summed E-state index contributed by atoms with van der Waals surface area (Å²) in [4.78, 5) is 11.0. The molecule has 1 aromatic heterocycles. The quantitative estimate of drug-likeness (QED) is 0.894. The lowest BCUT2D eigenvalue weighted by Crippen LogP contribution is -2.36. The molecule has 2 N–H and O–H groups in total. The summed E-state index contributed by atoms with van der Waals surface area (Å²) in [5, 5.41) is 13.8. The van der Waals surface area contributed by atoms with Crippen molar-refractivity contribution in [1.82, 2.24) is 5.32 Å². The standard InChI is InChI=1S/C18H23NO3/c1-11-15-5-3-4-6-16(15)22-17(11)12(2)19-14-9-7-13(8-10-14)18(20)21/h3-6,12-14,19H,7-10H2,1-2H3,(H,20,21)/t12-,13?,14?/m0/s1. The van der Waals surface area contributed by atoms with Gasteiger partial charge in [0.05, 0.1) is 12.0 Å². The highest BCUT2D eigenvalue weighted by Crippen LogP contribution is 2.31. The van der Waals surface area contributed by atoms with Crippen LogP contribution in [0.2, 0.25) is 0 Å². The Kier molecular flexibility index (Phi) is 4.21. The Morgan fingerprint density at radius 1 is 1.27 bits per heavy atom. The van der Waals surface area contributed by atoms with E-state index in [9.17, 15) is 4.79 Å². The predicted molar refractivity (Wildman–Crippen MR) is 85.9 cm³/mol. The summed E-state index contributed by atoms with van der Waals surface area (Å²) in [5.41, 5.74) is 2.12. The van der Waals surface area contributed by atoms with Gasteiger partial charge in [-0.15, -0.1) is 0 Å². The zero-order valence-corrected chi connectivity index (χ0v) is 13.1. The number of aryl methyl sites for hydroxylation is 1. The molecule has 1 aliphatic rings. The van der Waals surface area contributed by atoms with E-state index >= 15 is 0 Å². The fourth-order valence-corrected chi connectivity index (χ4v) is 3.54. The van der Waals surface area contributed by atoms with Crippen molar-refractivity contribution in [2.24, 2.45) is 5.92 Å². The Bertz CT molecular complexity index is 668. The second kappa shape index (κ2) is 6.13. The third-order valence-electron chi connectivity index (χ3n) is 4.84. The summed E-state index contributed by atoms with van der Waals surface area (Å²) in [6, 6.07) is 8.61.